The Hall–Kier alpha value is -3.00. The van der Waals surface area contributed by atoms with Gasteiger partial charge in [-0.25, -0.2) is 0 Å². The first-order valence-corrected chi connectivity index (χ1v) is 8.88. The number of nitrogens with zero attached hydrogens (tertiary/aromatic N) is 2. The molecule has 1 rings (SSSR count). The monoisotopic (exact) mass is 368 g/mol. The van der Waals surface area contributed by atoms with Crippen LogP contribution in [0.15, 0.2) is 18.4 Å². The Morgan fingerprint density at radius 2 is 1.93 bits per heavy atom. The summed E-state index contributed by atoms with van der Waals surface area (Å²) in [6, 6.07) is 4.27. The second-order valence-corrected chi connectivity index (χ2v) is 6.41. The van der Waals surface area contributed by atoms with Crippen LogP contribution in [0.25, 0.3) is 0 Å². The summed E-state index contributed by atoms with van der Waals surface area (Å²) in [4.78, 5) is 22.8. The molecular weight excluding hydrogens is 344 g/mol. The molecule has 27 heavy (non-hydrogen) atoms. The summed E-state index contributed by atoms with van der Waals surface area (Å²) in [5.41, 5.74) is 1.41. The van der Waals surface area contributed by atoms with E-state index in [-0.39, 0.29) is 36.8 Å². The van der Waals surface area contributed by atoms with E-state index in [0.717, 1.165) is 0 Å². The summed E-state index contributed by atoms with van der Waals surface area (Å²) in [6.07, 6.45) is 3.33. The highest BCUT2D eigenvalue weighted by Gasteiger charge is 2.46. The molecule has 0 aromatic rings. The van der Waals surface area contributed by atoms with Gasteiger partial charge < -0.3 is 9.47 Å². The van der Waals surface area contributed by atoms with Crippen LogP contribution < -0.4 is 0 Å². The Labute approximate surface area is 160 Å². The number of ether oxygens (including phenoxy) is 2. The average Bonchev–Trinajstić information content (AvgIpc) is 2.65. The molecule has 0 N–H and O–H groups in total. The van der Waals surface area contributed by atoms with Gasteiger partial charge in [0.05, 0.1) is 24.7 Å². The topological polar surface area (TPSA) is 100 Å². The highest BCUT2D eigenvalue weighted by Crippen LogP contribution is 2.46. The maximum Gasteiger partial charge on any atom is 0.308 e. The van der Waals surface area contributed by atoms with E-state index < -0.39 is 11.4 Å². The van der Waals surface area contributed by atoms with Gasteiger partial charge >= 0.3 is 11.9 Å². The van der Waals surface area contributed by atoms with Crippen LogP contribution >= 0.6 is 0 Å². The molecule has 0 bridgehead atoms. The van der Waals surface area contributed by atoms with Crippen molar-refractivity contribution in [3.8, 4) is 24.0 Å². The zero-order valence-electron chi connectivity index (χ0n) is 15.8. The predicted molar refractivity (Wildman–Crippen MR) is 97.3 cm³/mol. The van der Waals surface area contributed by atoms with Crippen LogP contribution in [0.4, 0.5) is 0 Å². The van der Waals surface area contributed by atoms with Gasteiger partial charge in [0.25, 0.3) is 0 Å². The van der Waals surface area contributed by atoms with Crippen molar-refractivity contribution < 1.29 is 19.1 Å². The first kappa shape index (κ1) is 22.0. The molecule has 0 heterocycles. The number of esters is 2. The van der Waals surface area contributed by atoms with Crippen molar-refractivity contribution in [2.45, 2.75) is 39.5 Å². The maximum absolute atomic E-state index is 12.1. The fourth-order valence-corrected chi connectivity index (χ4v) is 3.42. The summed E-state index contributed by atoms with van der Waals surface area (Å²) in [6.45, 7) is 6.88. The summed E-state index contributed by atoms with van der Waals surface area (Å²) in [5, 5.41) is 19.5. The van der Waals surface area contributed by atoms with E-state index in [2.05, 4.69) is 36.3 Å². The Bertz CT molecular complexity index is 727. The van der Waals surface area contributed by atoms with Crippen molar-refractivity contribution in [3.63, 3.8) is 0 Å². The van der Waals surface area contributed by atoms with Gasteiger partial charge in [0, 0.05) is 13.3 Å². The number of hydrogen-bond donors (Lipinski definition) is 0. The molecule has 0 aliphatic heterocycles. The third-order valence-electron chi connectivity index (χ3n) is 4.72. The van der Waals surface area contributed by atoms with E-state index in [1.165, 1.54) is 6.92 Å². The molecule has 6 nitrogen and oxygen atoms in total. The zero-order valence-corrected chi connectivity index (χ0v) is 15.8. The highest BCUT2D eigenvalue weighted by atomic mass is 16.5. The van der Waals surface area contributed by atoms with Gasteiger partial charge in [-0.2, -0.15) is 10.5 Å². The first-order valence-electron chi connectivity index (χ1n) is 8.88. The number of rotatable bonds is 6. The normalized spacial score (nSPS) is 21.3. The molecular formula is C21H24N2O4. The van der Waals surface area contributed by atoms with Gasteiger partial charge in [0.1, 0.15) is 0 Å². The Kier molecular flexibility index (Phi) is 8.87. The fraction of sp³-hybridized carbons (Fsp3) is 0.571. The first-order chi connectivity index (χ1) is 12.9. The molecule has 142 valence electrons. The molecule has 1 aliphatic rings. The summed E-state index contributed by atoms with van der Waals surface area (Å²) < 4.78 is 9.85. The van der Waals surface area contributed by atoms with Crippen molar-refractivity contribution in [1.29, 1.82) is 10.5 Å². The second kappa shape index (κ2) is 10.9. The summed E-state index contributed by atoms with van der Waals surface area (Å²) in [5.74, 6) is 4.00. The van der Waals surface area contributed by atoms with Crippen LogP contribution in [0, 0.1) is 57.7 Å². The van der Waals surface area contributed by atoms with Crippen LogP contribution in [0.1, 0.15) is 39.5 Å². The molecule has 0 saturated heterocycles. The number of allylic oxidation sites excluding steroid dienone is 1. The van der Waals surface area contributed by atoms with Gasteiger partial charge in [-0.15, -0.1) is 5.73 Å². The van der Waals surface area contributed by atoms with Gasteiger partial charge in [-0.1, -0.05) is 18.4 Å². The van der Waals surface area contributed by atoms with E-state index in [1.807, 2.05) is 0 Å². The van der Waals surface area contributed by atoms with Crippen molar-refractivity contribution in [2.24, 2.45) is 23.2 Å². The van der Waals surface area contributed by atoms with Crippen molar-refractivity contribution >= 4 is 11.9 Å². The van der Waals surface area contributed by atoms with Gasteiger partial charge in [-0.05, 0) is 44.1 Å². The fourth-order valence-electron chi connectivity index (χ4n) is 3.42. The third-order valence-corrected chi connectivity index (χ3v) is 4.72. The van der Waals surface area contributed by atoms with Crippen molar-refractivity contribution in [1.82, 2.24) is 0 Å². The predicted octanol–water partition coefficient (Wildman–Crippen LogP) is 2.91. The number of hydrogen-bond acceptors (Lipinski definition) is 6. The molecule has 0 spiro atoms. The van der Waals surface area contributed by atoms with Crippen molar-refractivity contribution in [2.75, 3.05) is 13.2 Å². The molecule has 0 aromatic carbocycles. The number of nitriles is 2. The minimum atomic E-state index is -1.32. The van der Waals surface area contributed by atoms with Crippen molar-refractivity contribution in [3.05, 3.63) is 18.4 Å². The number of carbonyl (C=O) groups excluding carboxylic acids is 2. The molecule has 0 aromatic heterocycles. The SMILES string of the molecule is C=C=C[C@@H]1C[C@@H](C(=O)OCC)CC[C@@H]1C(C#N)(C#N)CC#CCOC(C)=O. The highest BCUT2D eigenvalue weighted by molar-refractivity contribution is 5.72. The quantitative estimate of drug-likeness (QED) is 0.406. The molecule has 1 fully saturated rings. The molecule has 6 heteroatoms. The van der Waals surface area contributed by atoms with E-state index in [4.69, 9.17) is 9.47 Å². The Morgan fingerprint density at radius 3 is 2.48 bits per heavy atom. The van der Waals surface area contributed by atoms with Gasteiger partial charge in [-0.3, -0.25) is 9.59 Å². The summed E-state index contributed by atoms with van der Waals surface area (Å²) in [7, 11) is 0. The molecule has 3 atom stereocenters. The minimum Gasteiger partial charge on any atom is -0.466 e. The lowest BCUT2D eigenvalue weighted by molar-refractivity contribution is -0.150. The average molecular weight is 368 g/mol. The van der Waals surface area contributed by atoms with Crippen LogP contribution in [-0.2, 0) is 19.1 Å². The lowest BCUT2D eigenvalue weighted by atomic mass is 9.61. The lowest BCUT2D eigenvalue weighted by Gasteiger charge is -2.38. The van der Waals surface area contributed by atoms with E-state index >= 15 is 0 Å². The van der Waals surface area contributed by atoms with Gasteiger partial charge in [0.15, 0.2) is 12.0 Å². The largest absolute Gasteiger partial charge is 0.466 e. The molecule has 1 saturated carbocycles. The standard InChI is InChI=1S/C21H24N2O4/c1-4-8-17-13-18(20(25)26-5-2)9-10-19(17)21(14-22,15-23)11-6-7-12-27-16(3)24/h8,17-19H,1,5,9-13H2,2-3H3/t17-,18+,19+/m1/s1. The van der Waals surface area contributed by atoms with Crippen LogP contribution in [0.2, 0.25) is 0 Å². The Balaban J connectivity index is 3.00. The van der Waals surface area contributed by atoms with E-state index in [1.54, 1.807) is 13.0 Å². The smallest absolute Gasteiger partial charge is 0.308 e. The molecule has 0 unspecified atom stereocenters. The van der Waals surface area contributed by atoms with E-state index in [0.29, 0.717) is 25.9 Å². The zero-order chi connectivity index (χ0) is 20.3. The third kappa shape index (κ3) is 6.03. The second-order valence-electron chi connectivity index (χ2n) is 6.41. The maximum atomic E-state index is 12.1. The minimum absolute atomic E-state index is 0.0392. The van der Waals surface area contributed by atoms with Gasteiger partial charge in [0.2, 0.25) is 0 Å². The van der Waals surface area contributed by atoms with Crippen LogP contribution in [0.5, 0.6) is 0 Å². The van der Waals surface area contributed by atoms with Crippen LogP contribution in [0.3, 0.4) is 0 Å². The summed E-state index contributed by atoms with van der Waals surface area (Å²) >= 11 is 0. The molecule has 0 radical (unpaired) electrons. The number of carbonyl (C=O) groups is 2. The Morgan fingerprint density at radius 1 is 1.22 bits per heavy atom. The lowest BCUT2D eigenvalue weighted by Crippen LogP contribution is -2.38. The van der Waals surface area contributed by atoms with Crippen LogP contribution in [-0.4, -0.2) is 25.2 Å². The van der Waals surface area contributed by atoms with E-state index in [9.17, 15) is 20.1 Å². The molecule has 0 amide bonds. The molecule has 1 aliphatic carbocycles.